The second kappa shape index (κ2) is 15.4. The van der Waals surface area contributed by atoms with Crippen molar-refractivity contribution in [3.05, 3.63) is 35.9 Å². The Bertz CT molecular complexity index is 1190. The summed E-state index contributed by atoms with van der Waals surface area (Å²) in [4.78, 5) is 71.6. The third-order valence-corrected chi connectivity index (χ3v) is 8.88. The second-order valence-corrected chi connectivity index (χ2v) is 12.8. The van der Waals surface area contributed by atoms with Gasteiger partial charge in [-0.25, -0.2) is 24.1 Å². The maximum absolute atomic E-state index is 13.7. The topological polar surface area (TPSA) is 126 Å². The van der Waals surface area contributed by atoms with Crippen molar-refractivity contribution in [3.63, 3.8) is 0 Å². The first-order chi connectivity index (χ1) is 21.5. The normalized spacial score (nSPS) is 22.0. The molecule has 4 rings (SSSR count). The minimum Gasteiger partial charge on any atom is -0.459 e. The van der Waals surface area contributed by atoms with Crippen molar-refractivity contribution in [2.45, 2.75) is 72.6 Å². The van der Waals surface area contributed by atoms with Crippen molar-refractivity contribution >= 4 is 30.1 Å². The van der Waals surface area contributed by atoms with Crippen LogP contribution in [0.3, 0.4) is 0 Å². The van der Waals surface area contributed by atoms with Gasteiger partial charge in [0, 0.05) is 39.3 Å². The standard InChI is InChI=1S/C33H48N4O8/c1-6-43-32(41)36-14-10-13-25(20-36)19-26-27(30(39)44-21-24-11-8-7-9-12-24)37(29(26)38)31(40)34-15-17-35(18-16-34)33(42)45-28(22(2)3)23(4)5/h7-9,11-12,22-23,25-28H,6,10,13-21H2,1-5H3. The van der Waals surface area contributed by atoms with Gasteiger partial charge in [-0.2, -0.15) is 0 Å². The van der Waals surface area contributed by atoms with Crippen molar-refractivity contribution in [2.75, 3.05) is 45.9 Å². The van der Waals surface area contributed by atoms with E-state index in [4.69, 9.17) is 14.2 Å². The molecule has 0 bridgehead atoms. The third kappa shape index (κ3) is 8.26. The van der Waals surface area contributed by atoms with Crippen LogP contribution in [0.1, 0.15) is 59.4 Å². The highest BCUT2D eigenvalue weighted by atomic mass is 16.6. The molecule has 3 aliphatic heterocycles. The smallest absolute Gasteiger partial charge is 0.410 e. The van der Waals surface area contributed by atoms with Crippen LogP contribution in [0.15, 0.2) is 30.3 Å². The van der Waals surface area contributed by atoms with Crippen LogP contribution in [-0.2, 0) is 30.4 Å². The number of likely N-dealkylation sites (tertiary alicyclic amines) is 2. The van der Waals surface area contributed by atoms with E-state index in [1.165, 1.54) is 4.90 Å². The molecule has 0 radical (unpaired) electrons. The number of carbonyl (C=O) groups excluding carboxylic acids is 5. The molecule has 12 nitrogen and oxygen atoms in total. The number of piperidine rings is 1. The number of amides is 5. The number of ether oxygens (including phenoxy) is 3. The van der Waals surface area contributed by atoms with Gasteiger partial charge in [-0.15, -0.1) is 0 Å². The number of carbonyl (C=O) groups is 5. The fourth-order valence-corrected chi connectivity index (χ4v) is 6.54. The Labute approximate surface area is 265 Å². The van der Waals surface area contributed by atoms with Gasteiger partial charge in [-0.3, -0.25) is 4.79 Å². The van der Waals surface area contributed by atoms with Crippen LogP contribution < -0.4 is 0 Å². The van der Waals surface area contributed by atoms with Crippen LogP contribution >= 0.6 is 0 Å². The van der Waals surface area contributed by atoms with Crippen molar-refractivity contribution in [1.82, 2.24) is 19.6 Å². The van der Waals surface area contributed by atoms with Crippen molar-refractivity contribution in [3.8, 4) is 0 Å². The average Bonchev–Trinajstić information content (AvgIpc) is 3.03. The Balaban J connectivity index is 1.41. The highest BCUT2D eigenvalue weighted by Gasteiger charge is 2.57. The molecule has 1 aromatic rings. The first-order valence-electron chi connectivity index (χ1n) is 16.2. The molecule has 3 aliphatic rings. The van der Waals surface area contributed by atoms with E-state index in [0.717, 1.165) is 23.3 Å². The molecule has 3 heterocycles. The van der Waals surface area contributed by atoms with Crippen LogP contribution in [0.2, 0.25) is 0 Å². The molecule has 0 N–H and O–H groups in total. The van der Waals surface area contributed by atoms with E-state index in [1.807, 2.05) is 58.0 Å². The highest BCUT2D eigenvalue weighted by Crippen LogP contribution is 2.37. The lowest BCUT2D eigenvalue weighted by Gasteiger charge is -2.48. The van der Waals surface area contributed by atoms with Gasteiger partial charge in [0.25, 0.3) is 0 Å². The van der Waals surface area contributed by atoms with Gasteiger partial charge in [-0.1, -0.05) is 58.0 Å². The summed E-state index contributed by atoms with van der Waals surface area (Å²) < 4.78 is 16.6. The second-order valence-electron chi connectivity index (χ2n) is 12.8. The molecule has 12 heteroatoms. The minimum absolute atomic E-state index is 0.0196. The molecular formula is C33H48N4O8. The molecule has 45 heavy (non-hydrogen) atoms. The molecule has 0 spiro atoms. The lowest BCUT2D eigenvalue weighted by Crippen LogP contribution is -2.70. The van der Waals surface area contributed by atoms with Crippen molar-refractivity contribution in [2.24, 2.45) is 23.7 Å². The maximum atomic E-state index is 13.7. The number of nitrogens with zero attached hydrogens (tertiary/aromatic N) is 4. The quantitative estimate of drug-likeness (QED) is 0.224. The predicted molar refractivity (Wildman–Crippen MR) is 165 cm³/mol. The van der Waals surface area contributed by atoms with Gasteiger partial charge in [0.05, 0.1) is 12.5 Å². The largest absolute Gasteiger partial charge is 0.459 e. The molecule has 1 aromatic carbocycles. The molecule has 3 unspecified atom stereocenters. The van der Waals surface area contributed by atoms with Crippen molar-refractivity contribution < 1.29 is 38.2 Å². The number of benzene rings is 1. The van der Waals surface area contributed by atoms with Gasteiger partial charge in [0.2, 0.25) is 5.91 Å². The number of imide groups is 1. The number of rotatable bonds is 9. The fourth-order valence-electron chi connectivity index (χ4n) is 6.54. The van der Waals surface area contributed by atoms with Crippen LogP contribution in [0.5, 0.6) is 0 Å². The van der Waals surface area contributed by atoms with Crippen LogP contribution in [-0.4, -0.2) is 108 Å². The zero-order chi connectivity index (χ0) is 32.7. The third-order valence-electron chi connectivity index (χ3n) is 8.88. The number of β-lactam (4-membered cyclic amide) rings is 1. The Kier molecular flexibility index (Phi) is 11.7. The van der Waals surface area contributed by atoms with E-state index in [1.54, 1.807) is 16.7 Å². The summed E-state index contributed by atoms with van der Waals surface area (Å²) in [6.07, 6.45) is 0.898. The van der Waals surface area contributed by atoms with Gasteiger partial charge < -0.3 is 28.9 Å². The molecule has 0 aromatic heterocycles. The van der Waals surface area contributed by atoms with E-state index in [2.05, 4.69) is 0 Å². The summed E-state index contributed by atoms with van der Waals surface area (Å²) in [6, 6.07) is 7.59. The van der Waals surface area contributed by atoms with Gasteiger partial charge in [0.15, 0.2) is 6.04 Å². The number of esters is 1. The van der Waals surface area contributed by atoms with Crippen LogP contribution in [0.4, 0.5) is 14.4 Å². The van der Waals surface area contributed by atoms with Gasteiger partial charge in [-0.05, 0) is 49.5 Å². The molecule has 3 atom stereocenters. The number of piperazine rings is 1. The summed E-state index contributed by atoms with van der Waals surface area (Å²) in [6.45, 7) is 12.0. The van der Waals surface area contributed by atoms with E-state index in [9.17, 15) is 24.0 Å². The first-order valence-corrected chi connectivity index (χ1v) is 16.2. The van der Waals surface area contributed by atoms with E-state index < -0.39 is 36.0 Å². The Morgan fingerprint density at radius 3 is 2.11 bits per heavy atom. The zero-order valence-electron chi connectivity index (χ0n) is 27.2. The highest BCUT2D eigenvalue weighted by molar-refractivity contribution is 6.07. The number of urea groups is 1. The molecule has 248 valence electrons. The van der Waals surface area contributed by atoms with Gasteiger partial charge >= 0.3 is 24.2 Å². The molecule has 0 aliphatic carbocycles. The van der Waals surface area contributed by atoms with Crippen LogP contribution in [0.25, 0.3) is 0 Å². The Hall–Kier alpha value is -3.83. The SMILES string of the molecule is CCOC(=O)N1CCCC(CC2C(=O)N(C(=O)N3CCN(C(=O)OC(C(C)C)C(C)C)CC3)C2C(=O)OCc2ccccc2)C1. The van der Waals surface area contributed by atoms with E-state index in [0.29, 0.717) is 19.5 Å². The predicted octanol–water partition coefficient (Wildman–Crippen LogP) is 4.37. The fraction of sp³-hybridized carbons (Fsp3) is 0.667. The first kappa shape index (κ1) is 34.1. The maximum Gasteiger partial charge on any atom is 0.410 e. The molecule has 5 amide bonds. The lowest BCUT2D eigenvalue weighted by atomic mass is 9.78. The number of hydrogen-bond acceptors (Lipinski definition) is 8. The summed E-state index contributed by atoms with van der Waals surface area (Å²) in [5.74, 6) is -1.47. The summed E-state index contributed by atoms with van der Waals surface area (Å²) in [5, 5.41) is 0. The van der Waals surface area contributed by atoms with E-state index in [-0.39, 0.29) is 69.3 Å². The van der Waals surface area contributed by atoms with Gasteiger partial charge in [0.1, 0.15) is 12.7 Å². The Morgan fingerprint density at radius 1 is 0.844 bits per heavy atom. The summed E-state index contributed by atoms with van der Waals surface area (Å²) >= 11 is 0. The van der Waals surface area contributed by atoms with Crippen molar-refractivity contribution in [1.29, 1.82) is 0 Å². The Morgan fingerprint density at radius 2 is 1.49 bits per heavy atom. The molecule has 3 fully saturated rings. The summed E-state index contributed by atoms with van der Waals surface area (Å²) in [5.41, 5.74) is 0.795. The van der Waals surface area contributed by atoms with Crippen LogP contribution in [0, 0.1) is 23.7 Å². The molecule has 0 saturated carbocycles. The molecule has 3 saturated heterocycles. The monoisotopic (exact) mass is 628 g/mol. The minimum atomic E-state index is -1.06. The molecular weight excluding hydrogens is 580 g/mol. The summed E-state index contributed by atoms with van der Waals surface area (Å²) in [7, 11) is 0. The zero-order valence-corrected chi connectivity index (χ0v) is 27.2. The number of hydrogen-bond donors (Lipinski definition) is 0. The van der Waals surface area contributed by atoms with E-state index >= 15 is 0 Å². The lowest BCUT2D eigenvalue weighted by molar-refractivity contribution is -0.172. The average molecular weight is 629 g/mol.